The molecule has 0 unspecified atom stereocenters. The summed E-state index contributed by atoms with van der Waals surface area (Å²) in [5, 5.41) is 20.7. The topological polar surface area (TPSA) is 122 Å². The van der Waals surface area contributed by atoms with Crippen molar-refractivity contribution in [2.45, 2.75) is 11.8 Å². The summed E-state index contributed by atoms with van der Waals surface area (Å²) in [7, 11) is -3.38. The predicted molar refractivity (Wildman–Crippen MR) is 126 cm³/mol. The van der Waals surface area contributed by atoms with Gasteiger partial charge in [0.25, 0.3) is 0 Å². The van der Waals surface area contributed by atoms with E-state index in [9.17, 15) is 13.2 Å². The van der Waals surface area contributed by atoms with Gasteiger partial charge < -0.3 is 10.1 Å². The monoisotopic (exact) mass is 490 g/mol. The van der Waals surface area contributed by atoms with Crippen LogP contribution in [0.25, 0.3) is 16.3 Å². The van der Waals surface area contributed by atoms with Crippen LogP contribution in [0, 0.1) is 5.41 Å². The van der Waals surface area contributed by atoms with Crippen LogP contribution in [-0.4, -0.2) is 43.2 Å². The molecule has 0 spiro atoms. The number of carbonyl (C=O) groups is 1. The third kappa shape index (κ3) is 5.78. The highest BCUT2D eigenvalue weighted by atomic mass is 35.5. The van der Waals surface area contributed by atoms with Crippen LogP contribution in [0.15, 0.2) is 59.5 Å². The van der Waals surface area contributed by atoms with Gasteiger partial charge in [-0.2, -0.15) is 0 Å². The van der Waals surface area contributed by atoms with Crippen LogP contribution in [0.4, 0.5) is 5.69 Å². The van der Waals surface area contributed by atoms with Crippen molar-refractivity contribution in [2.24, 2.45) is 0 Å². The van der Waals surface area contributed by atoms with Gasteiger partial charge in [0, 0.05) is 11.8 Å². The summed E-state index contributed by atoms with van der Waals surface area (Å²) >= 11 is 7.41. The van der Waals surface area contributed by atoms with E-state index in [4.69, 9.17) is 21.7 Å². The first-order valence-corrected chi connectivity index (χ1v) is 12.4. The molecule has 1 heterocycles. The first kappa shape index (κ1) is 23.6. The van der Waals surface area contributed by atoms with Crippen LogP contribution in [0.5, 0.6) is 0 Å². The Balaban J connectivity index is 2.01. The number of nitrogens with one attached hydrogen (secondary N) is 2. The zero-order valence-electron chi connectivity index (χ0n) is 17.1. The Bertz CT molecular complexity index is 1300. The Labute approximate surface area is 194 Å². The molecule has 2 N–H and O–H groups in total. The molecule has 0 bridgehead atoms. The fraction of sp³-hybridized carbons (Fsp3) is 0.143. The van der Waals surface area contributed by atoms with Crippen LogP contribution in [0.2, 0.25) is 5.02 Å². The molecule has 8 nitrogen and oxygen atoms in total. The smallest absolute Gasteiger partial charge is 0.356 e. The average molecular weight is 491 g/mol. The number of hydrogen-bond acceptors (Lipinski definition) is 9. The second-order valence-corrected chi connectivity index (χ2v) is 9.91. The minimum atomic E-state index is -3.38. The molecule has 32 heavy (non-hydrogen) atoms. The van der Waals surface area contributed by atoms with E-state index < -0.39 is 15.8 Å². The number of esters is 1. The fourth-order valence-corrected chi connectivity index (χ4v) is 4.24. The number of benzene rings is 2. The Kier molecular flexibility index (Phi) is 7.39. The second kappa shape index (κ2) is 10.0. The van der Waals surface area contributed by atoms with E-state index >= 15 is 0 Å². The molecule has 11 heteroatoms. The van der Waals surface area contributed by atoms with Gasteiger partial charge in [0.1, 0.15) is 10.7 Å². The zero-order chi connectivity index (χ0) is 23.3. The van der Waals surface area contributed by atoms with Crippen molar-refractivity contribution >= 4 is 55.8 Å². The van der Waals surface area contributed by atoms with Gasteiger partial charge in [0.2, 0.25) is 0 Å². The standard InChI is InChI=1S/C21H19ClN4O4S2/c1-3-30-21(27)16(23)12-18(24-17-10-5-4-9-15(17)22)20-26-25-19(31-20)13-7-6-8-14(11-13)32(2,28)29/h4-12,23-24H,3H2,1-2H3/b18-12-,23-16?. The lowest BCUT2D eigenvalue weighted by Gasteiger charge is -2.10. The Hall–Kier alpha value is -3.08. The summed E-state index contributed by atoms with van der Waals surface area (Å²) in [4.78, 5) is 12.1. The van der Waals surface area contributed by atoms with Gasteiger partial charge in [-0.25, -0.2) is 13.2 Å². The summed E-state index contributed by atoms with van der Waals surface area (Å²) < 4.78 is 28.6. The Morgan fingerprint density at radius 2 is 1.97 bits per heavy atom. The van der Waals surface area contributed by atoms with E-state index in [0.717, 1.165) is 6.26 Å². The fourth-order valence-electron chi connectivity index (χ4n) is 2.58. The van der Waals surface area contributed by atoms with Crippen LogP contribution in [0.1, 0.15) is 11.9 Å². The van der Waals surface area contributed by atoms with Crippen molar-refractivity contribution < 1.29 is 17.9 Å². The number of sulfone groups is 1. The van der Waals surface area contributed by atoms with Gasteiger partial charge in [0.15, 0.2) is 14.8 Å². The van der Waals surface area contributed by atoms with Crippen LogP contribution in [0.3, 0.4) is 0 Å². The van der Waals surface area contributed by atoms with Gasteiger partial charge in [-0.15, -0.1) is 10.2 Å². The Morgan fingerprint density at radius 3 is 2.66 bits per heavy atom. The number of nitrogens with zero attached hydrogens (tertiary/aromatic N) is 2. The van der Waals surface area contributed by atoms with Crippen molar-refractivity contribution in [3.63, 3.8) is 0 Å². The van der Waals surface area contributed by atoms with E-state index in [1.807, 2.05) is 0 Å². The molecule has 166 valence electrons. The van der Waals surface area contributed by atoms with E-state index in [2.05, 4.69) is 15.5 Å². The normalized spacial score (nSPS) is 11.8. The van der Waals surface area contributed by atoms with E-state index in [1.165, 1.54) is 29.5 Å². The van der Waals surface area contributed by atoms with Gasteiger partial charge in [-0.05, 0) is 37.3 Å². The molecule has 0 saturated heterocycles. The lowest BCUT2D eigenvalue weighted by molar-refractivity contribution is -0.135. The molecular formula is C21H19ClN4O4S2. The number of anilines is 1. The molecule has 3 aromatic rings. The molecule has 0 radical (unpaired) electrons. The van der Waals surface area contributed by atoms with E-state index in [0.29, 0.717) is 32.0 Å². The minimum absolute atomic E-state index is 0.141. The van der Waals surface area contributed by atoms with Crippen LogP contribution in [-0.2, 0) is 19.4 Å². The molecule has 0 aliphatic heterocycles. The molecule has 0 amide bonds. The summed E-state index contributed by atoms with van der Waals surface area (Å²) in [6, 6.07) is 13.4. The van der Waals surface area contributed by atoms with Crippen molar-refractivity contribution in [3.05, 3.63) is 64.6 Å². The molecule has 0 fully saturated rings. The van der Waals surface area contributed by atoms with Gasteiger partial charge in [0.05, 0.1) is 27.9 Å². The predicted octanol–water partition coefficient (Wildman–Crippen LogP) is 4.30. The number of aromatic nitrogens is 2. The average Bonchev–Trinajstić information content (AvgIpc) is 3.24. The molecule has 1 aromatic heterocycles. The maximum atomic E-state index is 12.0. The van der Waals surface area contributed by atoms with Gasteiger partial charge in [-0.3, -0.25) is 5.41 Å². The summed E-state index contributed by atoms with van der Waals surface area (Å²) in [6.07, 6.45) is 2.42. The second-order valence-electron chi connectivity index (χ2n) is 6.51. The SMILES string of the molecule is CCOC(=O)C(=N)/C=C(\Nc1ccccc1Cl)c1nnc(-c2cccc(S(C)(=O)=O)c2)s1. The molecular weight excluding hydrogens is 472 g/mol. The number of hydrogen-bond donors (Lipinski definition) is 2. The van der Waals surface area contributed by atoms with Crippen molar-refractivity contribution in [3.8, 4) is 10.6 Å². The third-order valence-corrected chi connectivity index (χ3v) is 6.54. The number of rotatable bonds is 8. The summed E-state index contributed by atoms with van der Waals surface area (Å²) in [5.41, 5.74) is 1.07. The number of carbonyl (C=O) groups excluding carboxylic acids is 1. The lowest BCUT2D eigenvalue weighted by atomic mass is 10.2. The lowest BCUT2D eigenvalue weighted by Crippen LogP contribution is -2.15. The van der Waals surface area contributed by atoms with E-state index in [-0.39, 0.29) is 17.2 Å². The first-order valence-electron chi connectivity index (χ1n) is 9.32. The summed E-state index contributed by atoms with van der Waals surface area (Å²) in [5.74, 6) is -0.781. The minimum Gasteiger partial charge on any atom is -0.461 e. The van der Waals surface area contributed by atoms with Crippen LogP contribution < -0.4 is 5.32 Å². The van der Waals surface area contributed by atoms with Crippen molar-refractivity contribution in [1.29, 1.82) is 5.41 Å². The van der Waals surface area contributed by atoms with Gasteiger partial charge >= 0.3 is 5.97 Å². The quantitative estimate of drug-likeness (QED) is 0.356. The third-order valence-electron chi connectivity index (χ3n) is 4.09. The maximum absolute atomic E-state index is 12.0. The molecule has 2 aromatic carbocycles. The largest absolute Gasteiger partial charge is 0.461 e. The number of ether oxygens (including phenoxy) is 1. The summed E-state index contributed by atoms with van der Waals surface area (Å²) in [6.45, 7) is 1.79. The first-order chi connectivity index (χ1) is 15.2. The Morgan fingerprint density at radius 1 is 1.22 bits per heavy atom. The molecule has 3 rings (SSSR count). The highest BCUT2D eigenvalue weighted by molar-refractivity contribution is 7.90. The maximum Gasteiger partial charge on any atom is 0.356 e. The van der Waals surface area contributed by atoms with Crippen LogP contribution >= 0.6 is 22.9 Å². The zero-order valence-corrected chi connectivity index (χ0v) is 19.5. The highest BCUT2D eigenvalue weighted by Crippen LogP contribution is 2.31. The van der Waals surface area contributed by atoms with E-state index in [1.54, 1.807) is 43.3 Å². The molecule has 0 saturated carbocycles. The molecule has 0 aliphatic carbocycles. The number of para-hydroxylation sites is 1. The molecule has 0 atom stereocenters. The van der Waals surface area contributed by atoms with Crippen molar-refractivity contribution in [1.82, 2.24) is 10.2 Å². The van der Waals surface area contributed by atoms with Crippen molar-refractivity contribution in [2.75, 3.05) is 18.2 Å². The molecule has 0 aliphatic rings. The number of halogens is 1. The highest BCUT2D eigenvalue weighted by Gasteiger charge is 2.17. The van der Waals surface area contributed by atoms with Gasteiger partial charge in [-0.1, -0.05) is 47.2 Å².